The average molecular weight is 270 g/mol. The van der Waals surface area contributed by atoms with Crippen LogP contribution in [0.25, 0.3) is 0 Å². The second kappa shape index (κ2) is 5.29. The van der Waals surface area contributed by atoms with Gasteiger partial charge in [-0.25, -0.2) is 4.98 Å². The van der Waals surface area contributed by atoms with Crippen LogP contribution in [0, 0.1) is 0 Å². The first-order valence-electron chi connectivity index (χ1n) is 5.77. The summed E-state index contributed by atoms with van der Waals surface area (Å²) in [5, 5.41) is 6.75. The zero-order chi connectivity index (χ0) is 13.9. The number of alkyl halides is 3. The van der Waals surface area contributed by atoms with Gasteiger partial charge in [-0.05, 0) is 24.6 Å². The Kier molecular flexibility index (Phi) is 3.73. The fraction of sp³-hybridized carbons (Fsp3) is 0.333. The summed E-state index contributed by atoms with van der Waals surface area (Å²) in [7, 11) is 0. The van der Waals surface area contributed by atoms with Crippen LogP contribution >= 0.6 is 0 Å². The number of hydrogen-bond donors (Lipinski definition) is 1. The molecule has 0 amide bonds. The summed E-state index contributed by atoms with van der Waals surface area (Å²) >= 11 is 0. The van der Waals surface area contributed by atoms with E-state index in [2.05, 4.69) is 15.4 Å². The van der Waals surface area contributed by atoms with Gasteiger partial charge in [0.2, 0.25) is 0 Å². The molecule has 0 aliphatic carbocycles. The Morgan fingerprint density at radius 3 is 2.79 bits per heavy atom. The standard InChI is InChI=1S/C12H13F3N4/c1-2-16-11-5-9(3-4-17-11)7-19-8-10(6-18-19)12(13,14)15/h3-6,8H,2,7H2,1H3,(H,16,17). The molecule has 0 aromatic carbocycles. The number of pyridine rings is 1. The monoisotopic (exact) mass is 270 g/mol. The lowest BCUT2D eigenvalue weighted by Gasteiger charge is -2.06. The molecule has 0 saturated carbocycles. The van der Waals surface area contributed by atoms with E-state index in [1.54, 1.807) is 18.3 Å². The zero-order valence-electron chi connectivity index (χ0n) is 10.3. The van der Waals surface area contributed by atoms with Crippen molar-refractivity contribution in [1.29, 1.82) is 0 Å². The maximum absolute atomic E-state index is 12.4. The number of hydrogen-bond acceptors (Lipinski definition) is 3. The Morgan fingerprint density at radius 1 is 1.37 bits per heavy atom. The predicted octanol–water partition coefficient (Wildman–Crippen LogP) is 2.78. The Labute approximate surface area is 108 Å². The van der Waals surface area contributed by atoms with Crippen molar-refractivity contribution in [2.75, 3.05) is 11.9 Å². The van der Waals surface area contributed by atoms with E-state index in [0.717, 1.165) is 24.5 Å². The van der Waals surface area contributed by atoms with Gasteiger partial charge in [-0.15, -0.1) is 0 Å². The lowest BCUT2D eigenvalue weighted by molar-refractivity contribution is -0.137. The number of anilines is 1. The average Bonchev–Trinajstić information content (AvgIpc) is 2.78. The quantitative estimate of drug-likeness (QED) is 0.929. The van der Waals surface area contributed by atoms with Crippen molar-refractivity contribution in [3.05, 3.63) is 41.9 Å². The van der Waals surface area contributed by atoms with Crippen molar-refractivity contribution in [2.45, 2.75) is 19.6 Å². The predicted molar refractivity (Wildman–Crippen MR) is 64.7 cm³/mol. The molecule has 1 N–H and O–H groups in total. The fourth-order valence-corrected chi connectivity index (χ4v) is 1.63. The van der Waals surface area contributed by atoms with E-state index in [0.29, 0.717) is 5.82 Å². The van der Waals surface area contributed by atoms with E-state index in [9.17, 15) is 13.2 Å². The highest BCUT2D eigenvalue weighted by molar-refractivity contribution is 5.37. The van der Waals surface area contributed by atoms with Gasteiger partial charge in [0.15, 0.2) is 0 Å². The third-order valence-corrected chi connectivity index (χ3v) is 2.49. The molecule has 4 nitrogen and oxygen atoms in total. The van der Waals surface area contributed by atoms with Crippen molar-refractivity contribution in [3.8, 4) is 0 Å². The molecular weight excluding hydrogens is 257 g/mol. The van der Waals surface area contributed by atoms with E-state index in [1.165, 1.54) is 4.68 Å². The summed E-state index contributed by atoms with van der Waals surface area (Å²) in [6.45, 7) is 2.95. The summed E-state index contributed by atoms with van der Waals surface area (Å²) in [5.74, 6) is 0.697. The van der Waals surface area contributed by atoms with Crippen LogP contribution in [0.2, 0.25) is 0 Å². The molecule has 0 spiro atoms. The van der Waals surface area contributed by atoms with Crippen LogP contribution in [0.5, 0.6) is 0 Å². The molecular formula is C12H13F3N4. The second-order valence-corrected chi connectivity index (χ2v) is 4.00. The fourth-order valence-electron chi connectivity index (χ4n) is 1.63. The van der Waals surface area contributed by atoms with E-state index in [4.69, 9.17) is 0 Å². The highest BCUT2D eigenvalue weighted by Crippen LogP contribution is 2.28. The lowest BCUT2D eigenvalue weighted by atomic mass is 10.2. The van der Waals surface area contributed by atoms with Gasteiger partial charge in [0.1, 0.15) is 5.82 Å². The van der Waals surface area contributed by atoms with Gasteiger partial charge in [0, 0.05) is 18.9 Å². The van der Waals surface area contributed by atoms with Crippen LogP contribution in [0.3, 0.4) is 0 Å². The molecule has 2 heterocycles. The molecule has 19 heavy (non-hydrogen) atoms. The summed E-state index contributed by atoms with van der Waals surface area (Å²) in [6, 6.07) is 3.54. The van der Waals surface area contributed by atoms with Crippen molar-refractivity contribution in [3.63, 3.8) is 0 Å². The Bertz CT molecular complexity index is 548. The maximum Gasteiger partial charge on any atom is 0.419 e. The van der Waals surface area contributed by atoms with Crippen molar-refractivity contribution >= 4 is 5.82 Å². The molecule has 0 fully saturated rings. The van der Waals surface area contributed by atoms with Crippen molar-refractivity contribution in [2.24, 2.45) is 0 Å². The van der Waals surface area contributed by atoms with Crippen LogP contribution in [-0.4, -0.2) is 21.3 Å². The minimum atomic E-state index is -4.36. The van der Waals surface area contributed by atoms with Gasteiger partial charge in [-0.3, -0.25) is 4.68 Å². The minimum absolute atomic E-state index is 0.275. The van der Waals surface area contributed by atoms with E-state index < -0.39 is 11.7 Å². The number of rotatable bonds is 4. The van der Waals surface area contributed by atoms with Crippen LogP contribution in [0.4, 0.5) is 19.0 Å². The summed E-state index contributed by atoms with van der Waals surface area (Å²) in [5.41, 5.74) is 0.0937. The van der Waals surface area contributed by atoms with Gasteiger partial charge in [-0.1, -0.05) is 0 Å². The molecule has 0 atom stereocenters. The Balaban J connectivity index is 2.12. The lowest BCUT2D eigenvalue weighted by Crippen LogP contribution is -2.05. The molecule has 0 unspecified atom stereocenters. The molecule has 2 aromatic rings. The van der Waals surface area contributed by atoms with Crippen LogP contribution in [0.1, 0.15) is 18.1 Å². The molecule has 0 aliphatic heterocycles. The third kappa shape index (κ3) is 3.46. The SMILES string of the molecule is CCNc1cc(Cn2cc(C(F)(F)F)cn2)ccn1. The summed E-state index contributed by atoms with van der Waals surface area (Å²) in [6.07, 6.45) is -0.924. The van der Waals surface area contributed by atoms with Crippen LogP contribution < -0.4 is 5.32 Å². The molecule has 2 rings (SSSR count). The molecule has 0 saturated heterocycles. The summed E-state index contributed by atoms with van der Waals surface area (Å²) < 4.78 is 38.6. The number of aromatic nitrogens is 3. The first-order chi connectivity index (χ1) is 8.99. The highest BCUT2D eigenvalue weighted by atomic mass is 19.4. The molecule has 7 heteroatoms. The molecule has 102 valence electrons. The second-order valence-electron chi connectivity index (χ2n) is 4.00. The largest absolute Gasteiger partial charge is 0.419 e. The molecule has 0 radical (unpaired) electrons. The smallest absolute Gasteiger partial charge is 0.370 e. The minimum Gasteiger partial charge on any atom is -0.370 e. The number of halogens is 3. The molecule has 2 aromatic heterocycles. The van der Waals surface area contributed by atoms with Gasteiger partial charge in [0.05, 0.1) is 18.3 Å². The van der Waals surface area contributed by atoms with Crippen molar-refractivity contribution < 1.29 is 13.2 Å². The van der Waals surface area contributed by atoms with Gasteiger partial charge in [-0.2, -0.15) is 18.3 Å². The zero-order valence-corrected chi connectivity index (χ0v) is 10.3. The Morgan fingerprint density at radius 2 is 2.16 bits per heavy atom. The van der Waals surface area contributed by atoms with E-state index >= 15 is 0 Å². The van der Waals surface area contributed by atoms with Crippen LogP contribution in [-0.2, 0) is 12.7 Å². The third-order valence-electron chi connectivity index (χ3n) is 2.49. The van der Waals surface area contributed by atoms with Gasteiger partial charge in [0.25, 0.3) is 0 Å². The van der Waals surface area contributed by atoms with Gasteiger partial charge >= 0.3 is 6.18 Å². The molecule has 0 aliphatic rings. The van der Waals surface area contributed by atoms with Gasteiger partial charge < -0.3 is 5.32 Å². The normalized spacial score (nSPS) is 11.6. The Hall–Kier alpha value is -2.05. The number of nitrogens with zero attached hydrogens (tertiary/aromatic N) is 3. The topological polar surface area (TPSA) is 42.7 Å². The summed E-state index contributed by atoms with van der Waals surface area (Å²) in [4.78, 5) is 4.09. The first-order valence-corrected chi connectivity index (χ1v) is 5.77. The van der Waals surface area contributed by atoms with Crippen molar-refractivity contribution in [1.82, 2.24) is 14.8 Å². The van der Waals surface area contributed by atoms with E-state index in [-0.39, 0.29) is 6.54 Å². The maximum atomic E-state index is 12.4. The van der Waals surface area contributed by atoms with E-state index in [1.807, 2.05) is 6.92 Å². The van der Waals surface area contributed by atoms with Crippen LogP contribution in [0.15, 0.2) is 30.7 Å². The number of nitrogens with one attached hydrogen (secondary N) is 1. The first kappa shape index (κ1) is 13.4. The molecule has 0 bridgehead atoms. The highest BCUT2D eigenvalue weighted by Gasteiger charge is 2.32.